The van der Waals surface area contributed by atoms with Crippen LogP contribution in [0.25, 0.3) is 6.08 Å². The van der Waals surface area contributed by atoms with Gasteiger partial charge < -0.3 is 9.64 Å². The minimum atomic E-state index is -4.29. The number of rotatable bonds is 5. The van der Waals surface area contributed by atoms with Crippen molar-refractivity contribution in [2.24, 2.45) is 0 Å². The van der Waals surface area contributed by atoms with Gasteiger partial charge in [0.15, 0.2) is 0 Å². The standard InChI is InChI=1S/C19H23F3N2O2S/c20-19(21,22)27-17-6-3-15(4-7-17)5-8-18(25)24-11-9-23(10-12-24)14-16-2-1-13-26-16/h3-8,16H,1-2,9-14H2/b8-5+. The second-order valence-corrected chi connectivity index (χ2v) is 7.85. The number of nitrogens with zero attached hydrogens (tertiary/aromatic N) is 2. The SMILES string of the molecule is O=C(/C=C/c1ccc(SC(F)(F)F)cc1)N1CCN(CC2CCCO2)CC1. The molecule has 1 aromatic carbocycles. The van der Waals surface area contributed by atoms with Crippen LogP contribution in [0, 0.1) is 0 Å². The maximum absolute atomic E-state index is 12.3. The molecule has 27 heavy (non-hydrogen) atoms. The van der Waals surface area contributed by atoms with Gasteiger partial charge in [-0.3, -0.25) is 9.69 Å². The average Bonchev–Trinajstić information content (AvgIpc) is 3.13. The summed E-state index contributed by atoms with van der Waals surface area (Å²) >= 11 is -0.145. The van der Waals surface area contributed by atoms with Crippen LogP contribution in [-0.2, 0) is 9.53 Å². The van der Waals surface area contributed by atoms with E-state index in [2.05, 4.69) is 4.90 Å². The zero-order chi connectivity index (χ0) is 19.3. The molecule has 0 aliphatic carbocycles. The molecule has 2 fully saturated rings. The lowest BCUT2D eigenvalue weighted by Gasteiger charge is -2.35. The first-order valence-electron chi connectivity index (χ1n) is 9.06. The van der Waals surface area contributed by atoms with Crippen LogP contribution in [0.1, 0.15) is 18.4 Å². The number of alkyl halides is 3. The smallest absolute Gasteiger partial charge is 0.377 e. The van der Waals surface area contributed by atoms with E-state index in [9.17, 15) is 18.0 Å². The predicted molar refractivity (Wildman–Crippen MR) is 99.4 cm³/mol. The van der Waals surface area contributed by atoms with Crippen molar-refractivity contribution in [1.29, 1.82) is 0 Å². The van der Waals surface area contributed by atoms with Gasteiger partial charge in [-0.25, -0.2) is 0 Å². The number of benzene rings is 1. The molecule has 0 radical (unpaired) electrons. The average molecular weight is 400 g/mol. The molecular weight excluding hydrogens is 377 g/mol. The summed E-state index contributed by atoms with van der Waals surface area (Å²) in [4.78, 5) is 16.6. The quantitative estimate of drug-likeness (QED) is 0.558. The van der Waals surface area contributed by atoms with Gasteiger partial charge in [-0.1, -0.05) is 12.1 Å². The van der Waals surface area contributed by atoms with Crippen molar-refractivity contribution < 1.29 is 22.7 Å². The highest BCUT2D eigenvalue weighted by Crippen LogP contribution is 2.36. The van der Waals surface area contributed by atoms with E-state index in [0.29, 0.717) is 24.8 Å². The minimum Gasteiger partial charge on any atom is -0.377 e. The first-order valence-corrected chi connectivity index (χ1v) is 9.87. The summed E-state index contributed by atoms with van der Waals surface area (Å²) in [6, 6.07) is 5.98. The fraction of sp³-hybridized carbons (Fsp3) is 0.526. The molecule has 3 rings (SSSR count). The molecule has 0 bridgehead atoms. The molecule has 148 valence electrons. The van der Waals surface area contributed by atoms with Crippen molar-refractivity contribution in [2.75, 3.05) is 39.3 Å². The van der Waals surface area contributed by atoms with Crippen LogP contribution < -0.4 is 0 Å². The molecule has 1 amide bonds. The lowest BCUT2D eigenvalue weighted by Crippen LogP contribution is -2.50. The fourth-order valence-corrected chi connectivity index (χ4v) is 3.82. The third kappa shape index (κ3) is 6.55. The number of carbonyl (C=O) groups excluding carboxylic acids is 1. The Morgan fingerprint density at radius 3 is 2.48 bits per heavy atom. The highest BCUT2D eigenvalue weighted by molar-refractivity contribution is 8.00. The Balaban J connectivity index is 1.44. The Labute approximate surface area is 161 Å². The Morgan fingerprint density at radius 2 is 1.89 bits per heavy atom. The van der Waals surface area contributed by atoms with Crippen molar-refractivity contribution in [3.05, 3.63) is 35.9 Å². The van der Waals surface area contributed by atoms with Crippen LogP contribution >= 0.6 is 11.8 Å². The number of hydrogen-bond donors (Lipinski definition) is 0. The Morgan fingerprint density at radius 1 is 1.19 bits per heavy atom. The van der Waals surface area contributed by atoms with Crippen LogP contribution in [0.15, 0.2) is 35.2 Å². The Hall–Kier alpha value is -1.51. The van der Waals surface area contributed by atoms with Crippen LogP contribution in [0.3, 0.4) is 0 Å². The number of halogens is 3. The molecule has 2 saturated heterocycles. The second-order valence-electron chi connectivity index (χ2n) is 6.71. The topological polar surface area (TPSA) is 32.8 Å². The molecule has 0 N–H and O–H groups in total. The van der Waals surface area contributed by atoms with E-state index >= 15 is 0 Å². The third-order valence-electron chi connectivity index (χ3n) is 4.70. The molecule has 1 aromatic rings. The van der Waals surface area contributed by atoms with Gasteiger partial charge in [-0.15, -0.1) is 0 Å². The van der Waals surface area contributed by atoms with Crippen molar-refractivity contribution >= 4 is 23.7 Å². The van der Waals surface area contributed by atoms with Gasteiger partial charge in [-0.2, -0.15) is 13.2 Å². The Kier molecular flexibility index (Phi) is 6.83. The maximum Gasteiger partial charge on any atom is 0.446 e. The van der Waals surface area contributed by atoms with E-state index in [-0.39, 0.29) is 22.6 Å². The number of thioether (sulfide) groups is 1. The molecule has 2 heterocycles. The van der Waals surface area contributed by atoms with E-state index in [1.165, 1.54) is 18.2 Å². The van der Waals surface area contributed by atoms with E-state index < -0.39 is 5.51 Å². The van der Waals surface area contributed by atoms with Crippen LogP contribution in [-0.4, -0.2) is 66.6 Å². The third-order valence-corrected chi connectivity index (χ3v) is 5.44. The van der Waals surface area contributed by atoms with Gasteiger partial charge in [0, 0.05) is 50.3 Å². The van der Waals surface area contributed by atoms with Gasteiger partial charge in [0.2, 0.25) is 5.91 Å². The minimum absolute atomic E-state index is 0.0690. The molecular formula is C19H23F3N2O2S. The molecule has 2 aliphatic heterocycles. The van der Waals surface area contributed by atoms with E-state index in [1.54, 1.807) is 23.1 Å². The van der Waals surface area contributed by atoms with Crippen LogP contribution in [0.2, 0.25) is 0 Å². The van der Waals surface area contributed by atoms with Crippen molar-refractivity contribution in [2.45, 2.75) is 29.3 Å². The molecule has 0 saturated carbocycles. The maximum atomic E-state index is 12.3. The first kappa shape index (κ1) is 20.2. The lowest BCUT2D eigenvalue weighted by atomic mass is 10.2. The number of hydrogen-bond acceptors (Lipinski definition) is 4. The molecule has 1 atom stereocenters. The molecule has 1 unspecified atom stereocenters. The number of piperazine rings is 1. The van der Waals surface area contributed by atoms with E-state index in [4.69, 9.17) is 4.74 Å². The summed E-state index contributed by atoms with van der Waals surface area (Å²) in [5, 5.41) is 0. The normalized spacial score (nSPS) is 21.9. The van der Waals surface area contributed by atoms with Crippen molar-refractivity contribution in [3.63, 3.8) is 0 Å². The van der Waals surface area contributed by atoms with Crippen LogP contribution in [0.5, 0.6) is 0 Å². The zero-order valence-corrected chi connectivity index (χ0v) is 15.8. The van der Waals surface area contributed by atoms with Gasteiger partial charge >= 0.3 is 5.51 Å². The first-order chi connectivity index (χ1) is 12.9. The summed E-state index contributed by atoms with van der Waals surface area (Å²) in [6.45, 7) is 4.81. The zero-order valence-electron chi connectivity index (χ0n) is 15.0. The summed E-state index contributed by atoms with van der Waals surface area (Å²) in [7, 11) is 0. The van der Waals surface area contributed by atoms with Crippen molar-refractivity contribution in [3.8, 4) is 0 Å². The second kappa shape index (κ2) is 9.12. The molecule has 0 spiro atoms. The summed E-state index contributed by atoms with van der Waals surface area (Å²) < 4.78 is 42.6. The highest BCUT2D eigenvalue weighted by atomic mass is 32.2. The number of ether oxygens (including phenoxy) is 1. The molecule has 8 heteroatoms. The summed E-state index contributed by atoms with van der Waals surface area (Å²) in [5.41, 5.74) is -3.59. The largest absolute Gasteiger partial charge is 0.446 e. The summed E-state index contributed by atoms with van der Waals surface area (Å²) in [6.07, 6.45) is 5.70. The highest BCUT2D eigenvalue weighted by Gasteiger charge is 2.29. The predicted octanol–water partition coefficient (Wildman–Crippen LogP) is 3.63. The number of amides is 1. The molecule has 0 aromatic heterocycles. The van der Waals surface area contributed by atoms with Gasteiger partial charge in [0.25, 0.3) is 0 Å². The van der Waals surface area contributed by atoms with E-state index in [0.717, 1.165) is 39.1 Å². The monoisotopic (exact) mass is 400 g/mol. The Bertz CT molecular complexity index is 650. The molecule has 4 nitrogen and oxygen atoms in total. The van der Waals surface area contributed by atoms with Gasteiger partial charge in [-0.05, 0) is 48.4 Å². The lowest BCUT2D eigenvalue weighted by molar-refractivity contribution is -0.127. The van der Waals surface area contributed by atoms with Crippen molar-refractivity contribution in [1.82, 2.24) is 9.80 Å². The van der Waals surface area contributed by atoms with Gasteiger partial charge in [0.1, 0.15) is 0 Å². The van der Waals surface area contributed by atoms with E-state index in [1.807, 2.05) is 0 Å². The van der Waals surface area contributed by atoms with Crippen LogP contribution in [0.4, 0.5) is 13.2 Å². The van der Waals surface area contributed by atoms with Gasteiger partial charge in [0.05, 0.1) is 6.10 Å². The number of carbonyl (C=O) groups is 1. The fourth-order valence-electron chi connectivity index (χ4n) is 3.28. The molecule has 2 aliphatic rings. The summed E-state index contributed by atoms with van der Waals surface area (Å²) in [5.74, 6) is -0.0690.